The minimum atomic E-state index is -0.973. The Morgan fingerprint density at radius 2 is 1.35 bits per heavy atom. The predicted octanol–water partition coefficient (Wildman–Crippen LogP) is -0.463. The number of carbonyl (C=O) groups is 3. The lowest BCUT2D eigenvalue weighted by atomic mass is 10.00. The van der Waals surface area contributed by atoms with Crippen LogP contribution >= 0.6 is 0 Å². The molecule has 2 rings (SSSR count). The van der Waals surface area contributed by atoms with Crippen LogP contribution in [0.5, 0.6) is 0 Å². The highest BCUT2D eigenvalue weighted by Gasteiger charge is 2.55. The van der Waals surface area contributed by atoms with Gasteiger partial charge >= 0.3 is 17.9 Å². The summed E-state index contributed by atoms with van der Waals surface area (Å²) < 4.78 is 26.2. The third kappa shape index (κ3) is 3.07. The topological polar surface area (TPSA) is 97.4 Å². The summed E-state index contributed by atoms with van der Waals surface area (Å²) in [6, 6.07) is 0. The Hall–Kier alpha value is -1.67. The van der Waals surface area contributed by atoms with Gasteiger partial charge in [-0.05, 0) is 0 Å². The Morgan fingerprint density at radius 3 is 1.90 bits per heavy atom. The molecule has 5 atom stereocenters. The summed E-state index contributed by atoms with van der Waals surface area (Å²) in [5.74, 6) is -1.71. The second-order valence-corrected chi connectivity index (χ2v) is 4.60. The molecule has 0 N–H and O–H groups in total. The smallest absolute Gasteiger partial charge is 0.303 e. The molecule has 0 unspecified atom stereocenters. The molecule has 0 aromatic rings. The predicted molar refractivity (Wildman–Crippen MR) is 61.3 cm³/mol. The first-order chi connectivity index (χ1) is 9.38. The average Bonchev–Trinajstić information content (AvgIpc) is 2.74. The van der Waals surface area contributed by atoms with E-state index in [4.69, 9.17) is 23.7 Å². The van der Waals surface area contributed by atoms with Gasteiger partial charge in [-0.15, -0.1) is 0 Å². The van der Waals surface area contributed by atoms with Crippen molar-refractivity contribution in [2.75, 3.05) is 6.61 Å². The third-order valence-corrected chi connectivity index (χ3v) is 2.92. The molecule has 0 aromatic carbocycles. The highest BCUT2D eigenvalue weighted by atomic mass is 16.8. The molecule has 2 saturated heterocycles. The van der Waals surface area contributed by atoms with Crippen LogP contribution in [0, 0.1) is 0 Å². The van der Waals surface area contributed by atoms with Gasteiger partial charge in [0.1, 0.15) is 6.10 Å². The van der Waals surface area contributed by atoms with Crippen molar-refractivity contribution in [3.8, 4) is 0 Å². The van der Waals surface area contributed by atoms with Crippen LogP contribution in [0.25, 0.3) is 0 Å². The number of hydrogen-bond acceptors (Lipinski definition) is 8. The standard InChI is InChI=1S/C12H16O8/c1-5(13)17-9-8-4-16-12(20-8)11(19-7(3)15)10(9)18-6(2)14/h8-12H,4H2,1-3H3/t8-,9-,10+,11+,12-/m1/s1. The quantitative estimate of drug-likeness (QED) is 0.508. The van der Waals surface area contributed by atoms with Gasteiger partial charge in [0.2, 0.25) is 0 Å². The highest BCUT2D eigenvalue weighted by Crippen LogP contribution is 2.33. The molecule has 0 saturated carbocycles. The molecule has 0 amide bonds. The molecule has 2 aliphatic rings. The van der Waals surface area contributed by atoms with Crippen molar-refractivity contribution < 1.29 is 38.1 Å². The van der Waals surface area contributed by atoms with Crippen LogP contribution in [-0.2, 0) is 38.1 Å². The second kappa shape index (κ2) is 5.76. The maximum Gasteiger partial charge on any atom is 0.303 e. The molecule has 112 valence electrons. The second-order valence-electron chi connectivity index (χ2n) is 4.60. The minimum absolute atomic E-state index is 0.165. The molecule has 0 radical (unpaired) electrons. The van der Waals surface area contributed by atoms with E-state index >= 15 is 0 Å². The summed E-state index contributed by atoms with van der Waals surface area (Å²) in [5.41, 5.74) is 0. The van der Waals surface area contributed by atoms with E-state index in [9.17, 15) is 14.4 Å². The van der Waals surface area contributed by atoms with E-state index in [0.717, 1.165) is 0 Å². The number of fused-ring (bicyclic) bond motifs is 2. The zero-order chi connectivity index (χ0) is 14.9. The van der Waals surface area contributed by atoms with E-state index in [1.54, 1.807) is 0 Å². The molecule has 0 spiro atoms. The van der Waals surface area contributed by atoms with E-state index in [2.05, 4.69) is 0 Å². The van der Waals surface area contributed by atoms with Crippen molar-refractivity contribution in [1.82, 2.24) is 0 Å². The van der Waals surface area contributed by atoms with E-state index < -0.39 is 48.6 Å². The molecule has 2 heterocycles. The first-order valence-electron chi connectivity index (χ1n) is 6.17. The Kier molecular flexibility index (Phi) is 4.24. The number of ether oxygens (including phenoxy) is 5. The molecule has 0 aliphatic carbocycles. The van der Waals surface area contributed by atoms with Gasteiger partial charge in [-0.1, -0.05) is 0 Å². The zero-order valence-corrected chi connectivity index (χ0v) is 11.4. The lowest BCUT2D eigenvalue weighted by Crippen LogP contribution is -2.58. The summed E-state index contributed by atoms with van der Waals surface area (Å²) in [7, 11) is 0. The number of rotatable bonds is 3. The van der Waals surface area contributed by atoms with Crippen molar-refractivity contribution >= 4 is 17.9 Å². The maximum atomic E-state index is 11.2. The highest BCUT2D eigenvalue weighted by molar-refractivity contribution is 5.68. The fraction of sp³-hybridized carbons (Fsp3) is 0.750. The van der Waals surface area contributed by atoms with Crippen molar-refractivity contribution in [3.05, 3.63) is 0 Å². The lowest BCUT2D eigenvalue weighted by Gasteiger charge is -2.38. The van der Waals surface area contributed by atoms with Crippen LogP contribution < -0.4 is 0 Å². The minimum Gasteiger partial charge on any atom is -0.456 e. The van der Waals surface area contributed by atoms with E-state index in [0.29, 0.717) is 0 Å². The average molecular weight is 288 g/mol. The number of esters is 3. The fourth-order valence-electron chi connectivity index (χ4n) is 2.31. The normalized spacial score (nSPS) is 35.2. The van der Waals surface area contributed by atoms with E-state index in [1.807, 2.05) is 0 Å². The Labute approximate surface area is 115 Å². The molecule has 8 nitrogen and oxygen atoms in total. The van der Waals surface area contributed by atoms with Gasteiger partial charge in [-0.25, -0.2) is 0 Å². The summed E-state index contributed by atoms with van der Waals surface area (Å²) in [5, 5.41) is 0. The van der Waals surface area contributed by atoms with Crippen LogP contribution in [0.2, 0.25) is 0 Å². The molecule has 2 fully saturated rings. The van der Waals surface area contributed by atoms with E-state index in [1.165, 1.54) is 20.8 Å². The SMILES string of the molecule is CC(=O)O[C@@H]1[C@H](OC(C)=O)[C@@H]2OC[C@@H](O2)[C@H]1OC(C)=O. The molecule has 8 heteroatoms. The number of carbonyl (C=O) groups excluding carboxylic acids is 3. The molecule has 20 heavy (non-hydrogen) atoms. The molecular weight excluding hydrogens is 272 g/mol. The van der Waals surface area contributed by atoms with Crippen LogP contribution in [0.4, 0.5) is 0 Å². The number of hydrogen-bond donors (Lipinski definition) is 0. The summed E-state index contributed by atoms with van der Waals surface area (Å²) in [6.07, 6.45) is -4.19. The van der Waals surface area contributed by atoms with Gasteiger partial charge < -0.3 is 23.7 Å². The van der Waals surface area contributed by atoms with E-state index in [-0.39, 0.29) is 6.61 Å². The van der Waals surface area contributed by atoms with Gasteiger partial charge in [0.25, 0.3) is 0 Å². The monoisotopic (exact) mass is 288 g/mol. The first kappa shape index (κ1) is 14.7. The third-order valence-electron chi connectivity index (χ3n) is 2.92. The first-order valence-corrected chi connectivity index (χ1v) is 6.17. The zero-order valence-electron chi connectivity index (χ0n) is 11.4. The van der Waals surface area contributed by atoms with Crippen molar-refractivity contribution in [2.24, 2.45) is 0 Å². The van der Waals surface area contributed by atoms with Crippen molar-refractivity contribution in [2.45, 2.75) is 51.5 Å². The largest absolute Gasteiger partial charge is 0.456 e. The summed E-state index contributed by atoms with van der Waals surface area (Å²) >= 11 is 0. The Bertz CT molecular complexity index is 390. The molecular formula is C12H16O8. The van der Waals surface area contributed by atoms with Crippen LogP contribution in [0.1, 0.15) is 20.8 Å². The van der Waals surface area contributed by atoms with Crippen LogP contribution in [0.3, 0.4) is 0 Å². The molecule has 2 aliphatic heterocycles. The summed E-state index contributed by atoms with van der Waals surface area (Å²) in [4.78, 5) is 33.6. The van der Waals surface area contributed by atoms with Gasteiger partial charge in [-0.3, -0.25) is 14.4 Å². The maximum absolute atomic E-state index is 11.2. The Morgan fingerprint density at radius 1 is 0.850 bits per heavy atom. The van der Waals surface area contributed by atoms with Crippen molar-refractivity contribution in [1.29, 1.82) is 0 Å². The van der Waals surface area contributed by atoms with Gasteiger partial charge in [-0.2, -0.15) is 0 Å². The Balaban J connectivity index is 2.24. The van der Waals surface area contributed by atoms with Gasteiger partial charge in [0.05, 0.1) is 6.61 Å². The van der Waals surface area contributed by atoms with Crippen LogP contribution in [0.15, 0.2) is 0 Å². The van der Waals surface area contributed by atoms with Gasteiger partial charge in [0, 0.05) is 20.8 Å². The molecule has 2 bridgehead atoms. The fourth-order valence-corrected chi connectivity index (χ4v) is 2.31. The summed E-state index contributed by atoms with van der Waals surface area (Å²) in [6.45, 7) is 3.83. The van der Waals surface area contributed by atoms with Crippen LogP contribution in [-0.4, -0.2) is 55.2 Å². The van der Waals surface area contributed by atoms with Crippen molar-refractivity contribution in [3.63, 3.8) is 0 Å². The lowest BCUT2D eigenvalue weighted by molar-refractivity contribution is -0.250. The molecule has 0 aromatic heterocycles. The van der Waals surface area contributed by atoms with Gasteiger partial charge in [0.15, 0.2) is 24.6 Å².